The highest BCUT2D eigenvalue weighted by atomic mass is 19.4. The summed E-state index contributed by atoms with van der Waals surface area (Å²) >= 11 is 0. The van der Waals surface area contributed by atoms with Gasteiger partial charge in [-0.15, -0.1) is 0 Å². The van der Waals surface area contributed by atoms with E-state index < -0.39 is 17.8 Å². The Balaban J connectivity index is 3.00. The number of carboxylic acid groups (broad SMARTS) is 1. The van der Waals surface area contributed by atoms with Gasteiger partial charge < -0.3 is 5.11 Å². The first-order valence-corrected chi connectivity index (χ1v) is 3.43. The topological polar surface area (TPSA) is 66.0 Å². The van der Waals surface area contributed by atoms with Crippen molar-refractivity contribution in [1.29, 1.82) is 0 Å². The van der Waals surface area contributed by atoms with E-state index in [0.717, 1.165) is 12.3 Å². The van der Waals surface area contributed by atoms with Crippen molar-refractivity contribution < 1.29 is 23.1 Å². The van der Waals surface area contributed by atoms with Crippen molar-refractivity contribution in [3.05, 3.63) is 23.5 Å². The van der Waals surface area contributed by atoms with E-state index in [0.29, 0.717) is 6.08 Å². The molecule has 0 aliphatic heterocycles. The van der Waals surface area contributed by atoms with Crippen LogP contribution in [0.4, 0.5) is 13.2 Å². The van der Waals surface area contributed by atoms with E-state index in [-0.39, 0.29) is 5.56 Å². The van der Waals surface area contributed by atoms with Gasteiger partial charge in [0.1, 0.15) is 5.69 Å². The number of alkyl halides is 3. The molecule has 0 aliphatic rings. The zero-order chi connectivity index (χ0) is 10.8. The minimum Gasteiger partial charge on any atom is -0.478 e. The smallest absolute Gasteiger partial charge is 0.433 e. The summed E-state index contributed by atoms with van der Waals surface area (Å²) in [7, 11) is 0. The summed E-state index contributed by atoms with van der Waals surface area (Å²) in [5.74, 6) is -1.32. The third-order valence-electron chi connectivity index (χ3n) is 1.36. The maximum atomic E-state index is 12.2. The number of rotatable bonds is 2. The van der Waals surface area contributed by atoms with Crippen LogP contribution in [0.2, 0.25) is 0 Å². The summed E-state index contributed by atoms with van der Waals surface area (Å²) in [6, 6.07) is 0. The zero-order valence-electron chi connectivity index (χ0n) is 6.67. The first-order valence-electron chi connectivity index (χ1n) is 3.43. The third kappa shape index (κ3) is 2.35. The summed E-state index contributed by atoms with van der Waals surface area (Å²) in [5, 5.41) is 13.1. The SMILES string of the molecule is O=C(O)C=Cc1cn[nH]c1C(F)(F)F. The number of carboxylic acids is 1. The molecule has 1 heterocycles. The molecular formula is C7H5F3N2O2. The maximum Gasteiger partial charge on any atom is 0.433 e. The van der Waals surface area contributed by atoms with E-state index in [9.17, 15) is 18.0 Å². The van der Waals surface area contributed by atoms with Crippen molar-refractivity contribution >= 4 is 12.0 Å². The van der Waals surface area contributed by atoms with Gasteiger partial charge in [0.05, 0.1) is 6.20 Å². The Hall–Kier alpha value is -1.79. The zero-order valence-corrected chi connectivity index (χ0v) is 6.67. The van der Waals surface area contributed by atoms with Crippen molar-refractivity contribution in [3.8, 4) is 0 Å². The van der Waals surface area contributed by atoms with Crippen LogP contribution in [-0.2, 0) is 11.0 Å². The highest BCUT2D eigenvalue weighted by Gasteiger charge is 2.34. The molecule has 0 radical (unpaired) electrons. The average molecular weight is 206 g/mol. The fourth-order valence-electron chi connectivity index (χ4n) is 0.810. The van der Waals surface area contributed by atoms with E-state index >= 15 is 0 Å². The van der Waals surface area contributed by atoms with Gasteiger partial charge >= 0.3 is 12.1 Å². The molecule has 4 nitrogen and oxygen atoms in total. The molecule has 0 fully saturated rings. The Bertz CT molecular complexity index is 367. The van der Waals surface area contributed by atoms with Crippen LogP contribution in [0.5, 0.6) is 0 Å². The Kier molecular flexibility index (Phi) is 2.59. The van der Waals surface area contributed by atoms with E-state index in [1.165, 1.54) is 0 Å². The van der Waals surface area contributed by atoms with Gasteiger partial charge in [0, 0.05) is 11.6 Å². The number of aromatic nitrogens is 2. The summed E-state index contributed by atoms with van der Waals surface area (Å²) in [4.78, 5) is 10.1. The van der Waals surface area contributed by atoms with E-state index in [4.69, 9.17) is 5.11 Å². The van der Waals surface area contributed by atoms with Crippen LogP contribution in [0.3, 0.4) is 0 Å². The van der Waals surface area contributed by atoms with Crippen molar-refractivity contribution in [2.24, 2.45) is 0 Å². The van der Waals surface area contributed by atoms with Crippen molar-refractivity contribution in [3.63, 3.8) is 0 Å². The lowest BCUT2D eigenvalue weighted by Crippen LogP contribution is -2.07. The van der Waals surface area contributed by atoms with E-state index in [1.807, 2.05) is 0 Å². The molecule has 7 heteroatoms. The van der Waals surface area contributed by atoms with Gasteiger partial charge in [-0.05, 0) is 6.08 Å². The number of hydrogen-bond donors (Lipinski definition) is 2. The molecule has 0 amide bonds. The second kappa shape index (κ2) is 3.52. The highest BCUT2D eigenvalue weighted by Crippen LogP contribution is 2.30. The van der Waals surface area contributed by atoms with Crippen LogP contribution in [0.25, 0.3) is 6.08 Å². The largest absolute Gasteiger partial charge is 0.478 e. The molecule has 0 bridgehead atoms. The molecule has 0 aliphatic carbocycles. The molecule has 0 unspecified atom stereocenters. The first kappa shape index (κ1) is 10.3. The second-order valence-corrected chi connectivity index (χ2v) is 2.37. The monoisotopic (exact) mass is 206 g/mol. The van der Waals surface area contributed by atoms with Crippen LogP contribution in [0.1, 0.15) is 11.3 Å². The number of halogens is 3. The number of nitrogens with zero attached hydrogens (tertiary/aromatic N) is 1. The summed E-state index contributed by atoms with van der Waals surface area (Å²) < 4.78 is 36.5. The minimum absolute atomic E-state index is 0.306. The average Bonchev–Trinajstić information content (AvgIpc) is 2.46. The first-order chi connectivity index (χ1) is 6.41. The molecule has 76 valence electrons. The molecule has 0 spiro atoms. The van der Waals surface area contributed by atoms with E-state index in [1.54, 1.807) is 5.10 Å². The molecule has 0 saturated carbocycles. The maximum absolute atomic E-state index is 12.2. The molecule has 1 aromatic rings. The number of carbonyl (C=O) groups is 1. The molecule has 1 aromatic heterocycles. The van der Waals surface area contributed by atoms with Gasteiger partial charge in [-0.2, -0.15) is 18.3 Å². The lowest BCUT2D eigenvalue weighted by Gasteiger charge is -2.03. The Labute approximate surface area is 76.1 Å². The molecule has 14 heavy (non-hydrogen) atoms. The van der Waals surface area contributed by atoms with Gasteiger partial charge in [-0.3, -0.25) is 5.10 Å². The van der Waals surface area contributed by atoms with Gasteiger partial charge in [-0.25, -0.2) is 4.79 Å². The molecule has 1 rings (SSSR count). The van der Waals surface area contributed by atoms with E-state index in [2.05, 4.69) is 5.10 Å². The lowest BCUT2D eigenvalue weighted by molar-refractivity contribution is -0.141. The van der Waals surface area contributed by atoms with Gasteiger partial charge in [0.15, 0.2) is 0 Å². The molecule has 2 N–H and O–H groups in total. The molecular weight excluding hydrogens is 201 g/mol. The lowest BCUT2D eigenvalue weighted by atomic mass is 10.2. The molecule has 0 aromatic carbocycles. The van der Waals surface area contributed by atoms with Gasteiger partial charge in [0.2, 0.25) is 0 Å². The fourth-order valence-corrected chi connectivity index (χ4v) is 0.810. The number of hydrogen-bond acceptors (Lipinski definition) is 2. The second-order valence-electron chi connectivity index (χ2n) is 2.37. The normalized spacial score (nSPS) is 12.2. The van der Waals surface area contributed by atoms with Gasteiger partial charge in [0.25, 0.3) is 0 Å². The number of nitrogens with one attached hydrogen (secondary N) is 1. The summed E-state index contributed by atoms with van der Waals surface area (Å²) in [6.45, 7) is 0. The molecule has 0 atom stereocenters. The quantitative estimate of drug-likeness (QED) is 0.721. The van der Waals surface area contributed by atoms with Crippen LogP contribution in [-0.4, -0.2) is 21.3 Å². The van der Waals surface area contributed by atoms with Crippen LogP contribution < -0.4 is 0 Å². The number of H-pyrrole nitrogens is 1. The van der Waals surface area contributed by atoms with Crippen LogP contribution in [0.15, 0.2) is 12.3 Å². The van der Waals surface area contributed by atoms with Crippen LogP contribution in [0, 0.1) is 0 Å². The van der Waals surface area contributed by atoms with Gasteiger partial charge in [-0.1, -0.05) is 0 Å². The Morgan fingerprint density at radius 2 is 2.21 bits per heavy atom. The van der Waals surface area contributed by atoms with Crippen LogP contribution >= 0.6 is 0 Å². The standard InChI is InChI=1S/C7H5F3N2O2/c8-7(9,10)6-4(3-11-12-6)1-2-5(13)14/h1-3H,(H,11,12)(H,13,14). The van der Waals surface area contributed by atoms with Crippen molar-refractivity contribution in [2.45, 2.75) is 6.18 Å². The Morgan fingerprint density at radius 3 is 2.71 bits per heavy atom. The van der Waals surface area contributed by atoms with Crippen molar-refractivity contribution in [2.75, 3.05) is 0 Å². The van der Waals surface area contributed by atoms with Crippen molar-refractivity contribution in [1.82, 2.24) is 10.2 Å². The predicted octanol–water partition coefficient (Wildman–Crippen LogP) is 1.53. The summed E-state index contributed by atoms with van der Waals surface area (Å²) in [6.07, 6.45) is -2.22. The number of aromatic amines is 1. The number of aliphatic carboxylic acids is 1. The Morgan fingerprint density at radius 1 is 1.57 bits per heavy atom. The summed E-state index contributed by atoms with van der Waals surface area (Å²) in [5.41, 5.74) is -1.37. The third-order valence-corrected chi connectivity index (χ3v) is 1.36. The minimum atomic E-state index is -4.56. The highest BCUT2D eigenvalue weighted by molar-refractivity contribution is 5.85. The predicted molar refractivity (Wildman–Crippen MR) is 40.3 cm³/mol. The molecule has 0 saturated heterocycles. The fraction of sp³-hybridized carbons (Fsp3) is 0.143.